The van der Waals surface area contributed by atoms with E-state index in [0.717, 1.165) is 25.2 Å². The lowest BCUT2D eigenvalue weighted by atomic mass is 10.3. The maximum atomic E-state index is 8.88. The van der Waals surface area contributed by atoms with Gasteiger partial charge in [0.1, 0.15) is 0 Å². The summed E-state index contributed by atoms with van der Waals surface area (Å²) in [6.07, 6.45) is 2.85. The Morgan fingerprint density at radius 1 is 1.50 bits per heavy atom. The van der Waals surface area contributed by atoms with Crippen molar-refractivity contribution in [2.75, 3.05) is 19.7 Å². The summed E-state index contributed by atoms with van der Waals surface area (Å²) in [5.74, 6) is 0. The average molecular weight is 198 g/mol. The number of aliphatic hydroxyl groups excluding tert-OH is 1. The zero-order chi connectivity index (χ0) is 10.4. The Bertz CT molecular complexity index is 255. The molecule has 0 amide bonds. The monoisotopic (exact) mass is 198 g/mol. The van der Waals surface area contributed by atoms with E-state index >= 15 is 0 Å². The van der Waals surface area contributed by atoms with E-state index in [1.807, 2.05) is 7.05 Å². The van der Waals surface area contributed by atoms with Crippen LogP contribution in [0.1, 0.15) is 19.0 Å². The molecule has 0 spiro atoms. The normalized spacial score (nSPS) is 11.1. The predicted molar refractivity (Wildman–Crippen MR) is 53.7 cm³/mol. The summed E-state index contributed by atoms with van der Waals surface area (Å²) in [6, 6.07) is 0. The smallest absolute Gasteiger partial charge is 0.0738 e. The second kappa shape index (κ2) is 5.72. The predicted octanol–water partition coefficient (Wildman–Crippen LogP) is 0.0194. The Balaban J connectivity index is 2.50. The van der Waals surface area contributed by atoms with Crippen LogP contribution in [-0.2, 0) is 13.6 Å². The van der Waals surface area contributed by atoms with E-state index in [0.29, 0.717) is 6.54 Å². The molecular weight excluding hydrogens is 180 g/mol. The molecule has 1 heterocycles. The summed E-state index contributed by atoms with van der Waals surface area (Å²) in [7, 11) is 1.88. The number of hydrogen-bond donors (Lipinski definition) is 1. The van der Waals surface area contributed by atoms with Crippen molar-refractivity contribution in [2.45, 2.75) is 19.9 Å². The summed E-state index contributed by atoms with van der Waals surface area (Å²) in [5, 5.41) is 16.6. The maximum absolute atomic E-state index is 8.88. The fraction of sp³-hybridized carbons (Fsp3) is 0.778. The molecule has 14 heavy (non-hydrogen) atoms. The molecule has 0 saturated heterocycles. The van der Waals surface area contributed by atoms with E-state index in [2.05, 4.69) is 22.1 Å². The van der Waals surface area contributed by atoms with Gasteiger partial charge in [0.25, 0.3) is 0 Å². The van der Waals surface area contributed by atoms with E-state index in [-0.39, 0.29) is 6.61 Å². The molecule has 1 rings (SSSR count). The second-order valence-corrected chi connectivity index (χ2v) is 3.35. The van der Waals surface area contributed by atoms with Crippen molar-refractivity contribution in [3.8, 4) is 0 Å². The molecule has 0 aliphatic carbocycles. The van der Waals surface area contributed by atoms with Crippen LogP contribution in [0.5, 0.6) is 0 Å². The Morgan fingerprint density at radius 2 is 2.29 bits per heavy atom. The van der Waals surface area contributed by atoms with Crippen LogP contribution in [0.15, 0.2) is 6.20 Å². The van der Waals surface area contributed by atoms with Crippen LogP contribution in [-0.4, -0.2) is 44.7 Å². The van der Waals surface area contributed by atoms with Gasteiger partial charge in [0.15, 0.2) is 0 Å². The Hall–Kier alpha value is -0.940. The fourth-order valence-electron chi connectivity index (χ4n) is 1.41. The third-order valence-corrected chi connectivity index (χ3v) is 2.15. The highest BCUT2D eigenvalue weighted by molar-refractivity contribution is 4.92. The topological polar surface area (TPSA) is 54.2 Å². The van der Waals surface area contributed by atoms with Gasteiger partial charge < -0.3 is 5.11 Å². The highest BCUT2D eigenvalue weighted by atomic mass is 16.3. The lowest BCUT2D eigenvalue weighted by Gasteiger charge is -2.19. The number of aromatic nitrogens is 3. The quantitative estimate of drug-likeness (QED) is 0.700. The van der Waals surface area contributed by atoms with Crippen molar-refractivity contribution in [3.05, 3.63) is 11.9 Å². The molecule has 0 aliphatic heterocycles. The maximum Gasteiger partial charge on any atom is 0.0738 e. The Morgan fingerprint density at radius 3 is 2.79 bits per heavy atom. The van der Waals surface area contributed by atoms with Gasteiger partial charge in [-0.15, -0.1) is 5.10 Å². The molecule has 1 aromatic heterocycles. The number of aryl methyl sites for hydroxylation is 1. The summed E-state index contributed by atoms with van der Waals surface area (Å²) < 4.78 is 1.76. The largest absolute Gasteiger partial charge is 0.395 e. The molecule has 0 aliphatic rings. The minimum atomic E-state index is 0.200. The van der Waals surface area contributed by atoms with Gasteiger partial charge in [0, 0.05) is 20.1 Å². The average Bonchev–Trinajstić information content (AvgIpc) is 2.53. The van der Waals surface area contributed by atoms with E-state index < -0.39 is 0 Å². The van der Waals surface area contributed by atoms with Crippen molar-refractivity contribution >= 4 is 0 Å². The van der Waals surface area contributed by atoms with Crippen LogP contribution in [0, 0.1) is 0 Å². The zero-order valence-corrected chi connectivity index (χ0v) is 8.85. The first-order chi connectivity index (χ1) is 6.77. The van der Waals surface area contributed by atoms with Crippen molar-refractivity contribution in [1.82, 2.24) is 19.9 Å². The standard InChI is InChI=1S/C9H18N4O/c1-3-4-13(5-6-14)8-9-7-10-11-12(9)2/h7,14H,3-6,8H2,1-2H3. The molecule has 0 aromatic carbocycles. The van der Waals surface area contributed by atoms with Gasteiger partial charge in [0.2, 0.25) is 0 Å². The van der Waals surface area contributed by atoms with Crippen LogP contribution in [0.2, 0.25) is 0 Å². The summed E-state index contributed by atoms with van der Waals surface area (Å²) >= 11 is 0. The van der Waals surface area contributed by atoms with Gasteiger partial charge in [-0.05, 0) is 13.0 Å². The summed E-state index contributed by atoms with van der Waals surface area (Å²) in [5.41, 5.74) is 1.08. The summed E-state index contributed by atoms with van der Waals surface area (Å²) in [4.78, 5) is 2.19. The van der Waals surface area contributed by atoms with Crippen LogP contribution in [0.3, 0.4) is 0 Å². The molecule has 0 fully saturated rings. The second-order valence-electron chi connectivity index (χ2n) is 3.35. The van der Waals surface area contributed by atoms with Gasteiger partial charge in [-0.25, -0.2) is 0 Å². The highest BCUT2D eigenvalue weighted by Gasteiger charge is 2.07. The van der Waals surface area contributed by atoms with Crippen LogP contribution in [0.25, 0.3) is 0 Å². The molecule has 5 heteroatoms. The fourth-order valence-corrected chi connectivity index (χ4v) is 1.41. The molecule has 1 aromatic rings. The molecule has 0 bridgehead atoms. The molecule has 80 valence electrons. The lowest BCUT2D eigenvalue weighted by Crippen LogP contribution is -2.28. The van der Waals surface area contributed by atoms with E-state index in [9.17, 15) is 0 Å². The number of nitrogens with zero attached hydrogens (tertiary/aromatic N) is 4. The van der Waals surface area contributed by atoms with Crippen LogP contribution in [0.4, 0.5) is 0 Å². The highest BCUT2D eigenvalue weighted by Crippen LogP contribution is 2.01. The molecule has 0 atom stereocenters. The SMILES string of the molecule is CCCN(CCO)Cc1cnnn1C. The van der Waals surface area contributed by atoms with Crippen molar-refractivity contribution in [2.24, 2.45) is 7.05 Å². The van der Waals surface area contributed by atoms with Gasteiger partial charge >= 0.3 is 0 Å². The molecule has 0 unspecified atom stereocenters. The van der Waals surface area contributed by atoms with Gasteiger partial charge in [0.05, 0.1) is 18.5 Å². The van der Waals surface area contributed by atoms with Gasteiger partial charge in [-0.2, -0.15) is 0 Å². The lowest BCUT2D eigenvalue weighted by molar-refractivity contribution is 0.187. The zero-order valence-electron chi connectivity index (χ0n) is 8.85. The molecule has 0 radical (unpaired) electrons. The first-order valence-corrected chi connectivity index (χ1v) is 4.94. The first-order valence-electron chi connectivity index (χ1n) is 4.94. The molecular formula is C9H18N4O. The number of hydrogen-bond acceptors (Lipinski definition) is 4. The van der Waals surface area contributed by atoms with E-state index in [4.69, 9.17) is 5.11 Å². The van der Waals surface area contributed by atoms with Crippen LogP contribution < -0.4 is 0 Å². The third-order valence-electron chi connectivity index (χ3n) is 2.15. The summed E-state index contributed by atoms with van der Waals surface area (Å²) in [6.45, 7) is 4.83. The van der Waals surface area contributed by atoms with E-state index in [1.165, 1.54) is 0 Å². The molecule has 5 nitrogen and oxygen atoms in total. The minimum Gasteiger partial charge on any atom is -0.395 e. The first kappa shape index (κ1) is 11.1. The molecule has 1 N–H and O–H groups in total. The molecule has 0 saturated carbocycles. The van der Waals surface area contributed by atoms with Gasteiger partial charge in [-0.3, -0.25) is 9.58 Å². The number of aliphatic hydroxyl groups is 1. The minimum absolute atomic E-state index is 0.200. The van der Waals surface area contributed by atoms with Crippen molar-refractivity contribution in [1.29, 1.82) is 0 Å². The van der Waals surface area contributed by atoms with Crippen LogP contribution >= 0.6 is 0 Å². The van der Waals surface area contributed by atoms with Crippen molar-refractivity contribution < 1.29 is 5.11 Å². The third kappa shape index (κ3) is 3.08. The van der Waals surface area contributed by atoms with Gasteiger partial charge in [-0.1, -0.05) is 12.1 Å². The Labute approximate surface area is 84.3 Å². The Kier molecular flexibility index (Phi) is 4.55. The number of rotatable bonds is 6. The van der Waals surface area contributed by atoms with E-state index in [1.54, 1.807) is 10.9 Å². The van der Waals surface area contributed by atoms with Crippen molar-refractivity contribution in [3.63, 3.8) is 0 Å².